The second-order valence-electron chi connectivity index (χ2n) is 5.76. The Hall–Kier alpha value is -0.950. The number of rotatable bonds is 4. The summed E-state index contributed by atoms with van der Waals surface area (Å²) in [5.41, 5.74) is 1.11. The summed E-state index contributed by atoms with van der Waals surface area (Å²) in [6.45, 7) is 4.68. The van der Waals surface area contributed by atoms with Crippen LogP contribution in [0.15, 0.2) is 23.1 Å². The summed E-state index contributed by atoms with van der Waals surface area (Å²) in [4.78, 5) is 0.362. The van der Waals surface area contributed by atoms with E-state index in [1.807, 2.05) is 6.07 Å². The first-order valence-corrected chi connectivity index (χ1v) is 8.16. The van der Waals surface area contributed by atoms with Crippen LogP contribution < -0.4 is 5.32 Å². The summed E-state index contributed by atoms with van der Waals surface area (Å²) >= 11 is 0. The first-order valence-electron chi connectivity index (χ1n) is 6.72. The number of likely N-dealkylation sites (N-methyl/N-ethyl adjacent to an activating group) is 1. The minimum Gasteiger partial charge on any atom is -0.394 e. The first-order chi connectivity index (χ1) is 9.30. The Labute approximate surface area is 120 Å². The number of nitrogens with zero attached hydrogens (tertiary/aromatic N) is 1. The van der Waals surface area contributed by atoms with E-state index < -0.39 is 15.6 Å². The Morgan fingerprint density at radius 1 is 1.40 bits per heavy atom. The standard InChI is InChI=1S/C14H22N2O3S/c1-14(2,10-17)16(3)20(18,19)13-6-4-5-11-9-15-8-7-12(11)13/h4-6,15,17H,7-10H2,1-3H3. The number of benzene rings is 1. The third-order valence-corrected chi connectivity index (χ3v) is 6.13. The zero-order valence-corrected chi connectivity index (χ0v) is 13.0. The maximum Gasteiger partial charge on any atom is 0.243 e. The van der Waals surface area contributed by atoms with Crippen LogP contribution in [0.5, 0.6) is 0 Å². The molecule has 0 saturated carbocycles. The lowest BCUT2D eigenvalue weighted by atomic mass is 10.0. The second kappa shape index (κ2) is 5.44. The molecule has 1 aromatic carbocycles. The lowest BCUT2D eigenvalue weighted by Gasteiger charge is -2.34. The molecule has 1 aromatic rings. The zero-order chi connectivity index (χ0) is 15.0. The van der Waals surface area contributed by atoms with Gasteiger partial charge in [0.25, 0.3) is 0 Å². The van der Waals surface area contributed by atoms with E-state index in [2.05, 4.69) is 5.32 Å². The fourth-order valence-electron chi connectivity index (χ4n) is 2.31. The van der Waals surface area contributed by atoms with E-state index in [4.69, 9.17) is 0 Å². The molecule has 1 heterocycles. The molecule has 6 heteroatoms. The van der Waals surface area contributed by atoms with Gasteiger partial charge in [-0.15, -0.1) is 0 Å². The molecular weight excluding hydrogens is 276 g/mol. The van der Waals surface area contributed by atoms with Crippen molar-refractivity contribution < 1.29 is 13.5 Å². The van der Waals surface area contributed by atoms with E-state index >= 15 is 0 Å². The van der Waals surface area contributed by atoms with E-state index in [1.54, 1.807) is 26.0 Å². The number of fused-ring (bicyclic) bond motifs is 1. The van der Waals surface area contributed by atoms with Gasteiger partial charge in [-0.25, -0.2) is 8.42 Å². The first kappa shape index (κ1) is 15.4. The lowest BCUT2D eigenvalue weighted by Crippen LogP contribution is -2.47. The third-order valence-electron chi connectivity index (χ3n) is 3.98. The average Bonchev–Trinajstić information content (AvgIpc) is 2.45. The van der Waals surface area contributed by atoms with Crippen LogP contribution in [0.4, 0.5) is 0 Å². The van der Waals surface area contributed by atoms with Gasteiger partial charge in [0.05, 0.1) is 17.0 Å². The van der Waals surface area contributed by atoms with Crippen molar-refractivity contribution in [1.82, 2.24) is 9.62 Å². The van der Waals surface area contributed by atoms with E-state index in [1.165, 1.54) is 11.4 Å². The van der Waals surface area contributed by atoms with Crippen LogP contribution >= 0.6 is 0 Å². The minimum atomic E-state index is -3.60. The van der Waals surface area contributed by atoms with Crippen LogP contribution in [0.25, 0.3) is 0 Å². The molecule has 112 valence electrons. The molecule has 0 unspecified atom stereocenters. The van der Waals surface area contributed by atoms with Gasteiger partial charge in [-0.2, -0.15) is 4.31 Å². The summed E-state index contributed by atoms with van der Waals surface area (Å²) < 4.78 is 26.9. The molecule has 0 atom stereocenters. The van der Waals surface area contributed by atoms with Crippen molar-refractivity contribution in [3.8, 4) is 0 Å². The highest BCUT2D eigenvalue weighted by atomic mass is 32.2. The van der Waals surface area contributed by atoms with Crippen LogP contribution in [-0.4, -0.2) is 43.6 Å². The smallest absolute Gasteiger partial charge is 0.243 e. The van der Waals surface area contributed by atoms with Gasteiger partial charge in [-0.05, 0) is 44.0 Å². The van der Waals surface area contributed by atoms with Crippen LogP contribution in [0.1, 0.15) is 25.0 Å². The molecule has 1 aliphatic rings. The molecule has 0 amide bonds. The molecule has 0 radical (unpaired) electrons. The predicted molar refractivity (Wildman–Crippen MR) is 78.0 cm³/mol. The Balaban J connectivity index is 2.50. The number of hydrogen-bond acceptors (Lipinski definition) is 4. The van der Waals surface area contributed by atoms with Gasteiger partial charge in [-0.1, -0.05) is 12.1 Å². The zero-order valence-electron chi connectivity index (χ0n) is 12.2. The van der Waals surface area contributed by atoms with Crippen molar-refractivity contribution in [2.45, 2.75) is 37.2 Å². The molecule has 0 fully saturated rings. The van der Waals surface area contributed by atoms with Crippen LogP contribution in [0, 0.1) is 0 Å². The van der Waals surface area contributed by atoms with Crippen molar-refractivity contribution in [3.05, 3.63) is 29.3 Å². The van der Waals surface area contributed by atoms with Crippen LogP contribution in [0.2, 0.25) is 0 Å². The fourth-order valence-corrected chi connectivity index (χ4v) is 4.11. The molecule has 0 spiro atoms. The van der Waals surface area contributed by atoms with E-state index in [0.29, 0.717) is 17.9 Å². The topological polar surface area (TPSA) is 69.6 Å². The summed E-state index contributed by atoms with van der Waals surface area (Å²) in [6.07, 6.45) is 0.706. The minimum absolute atomic E-state index is 0.223. The molecule has 0 aliphatic carbocycles. The highest BCUT2D eigenvalue weighted by molar-refractivity contribution is 7.89. The van der Waals surface area contributed by atoms with Gasteiger partial charge in [0.15, 0.2) is 0 Å². The van der Waals surface area contributed by atoms with Crippen molar-refractivity contribution >= 4 is 10.0 Å². The quantitative estimate of drug-likeness (QED) is 0.859. The summed E-state index contributed by atoms with van der Waals surface area (Å²) in [6, 6.07) is 5.39. The normalized spacial score (nSPS) is 16.2. The SMILES string of the molecule is CN(C(C)(C)CO)S(=O)(=O)c1cccc2c1CCNC2. The molecule has 0 bridgehead atoms. The number of nitrogens with one attached hydrogen (secondary N) is 1. The molecule has 0 aromatic heterocycles. The highest BCUT2D eigenvalue weighted by Crippen LogP contribution is 2.28. The lowest BCUT2D eigenvalue weighted by molar-refractivity contribution is 0.138. The van der Waals surface area contributed by atoms with Crippen molar-refractivity contribution in [3.63, 3.8) is 0 Å². The van der Waals surface area contributed by atoms with Crippen molar-refractivity contribution in [2.75, 3.05) is 20.2 Å². The fraction of sp³-hybridized carbons (Fsp3) is 0.571. The molecule has 1 aliphatic heterocycles. The Morgan fingerprint density at radius 2 is 2.10 bits per heavy atom. The molecule has 5 nitrogen and oxygen atoms in total. The molecule has 2 rings (SSSR count). The largest absolute Gasteiger partial charge is 0.394 e. The Kier molecular flexibility index (Phi) is 4.20. The molecule has 0 saturated heterocycles. The van der Waals surface area contributed by atoms with Crippen LogP contribution in [-0.2, 0) is 23.0 Å². The Morgan fingerprint density at radius 3 is 2.75 bits per heavy atom. The molecule has 20 heavy (non-hydrogen) atoms. The van der Waals surface area contributed by atoms with Crippen LogP contribution in [0.3, 0.4) is 0 Å². The summed E-state index contributed by atoms with van der Waals surface area (Å²) in [5.74, 6) is 0. The monoisotopic (exact) mass is 298 g/mol. The van der Waals surface area contributed by atoms with Gasteiger partial charge in [0.1, 0.15) is 0 Å². The second-order valence-corrected chi connectivity index (χ2v) is 7.70. The maximum atomic E-state index is 12.8. The Bertz CT molecular complexity index is 596. The maximum absolute atomic E-state index is 12.8. The third kappa shape index (κ3) is 2.61. The highest BCUT2D eigenvalue weighted by Gasteiger charge is 2.35. The molecule has 2 N–H and O–H groups in total. The van der Waals surface area contributed by atoms with E-state index in [9.17, 15) is 13.5 Å². The van der Waals surface area contributed by atoms with Gasteiger partial charge in [0, 0.05) is 13.6 Å². The van der Waals surface area contributed by atoms with Gasteiger partial charge in [0.2, 0.25) is 10.0 Å². The van der Waals surface area contributed by atoms with E-state index in [0.717, 1.165) is 17.7 Å². The van der Waals surface area contributed by atoms with Crippen molar-refractivity contribution in [1.29, 1.82) is 0 Å². The number of aliphatic hydroxyl groups is 1. The average molecular weight is 298 g/mol. The van der Waals surface area contributed by atoms with Gasteiger partial charge >= 0.3 is 0 Å². The predicted octanol–water partition coefficient (Wildman–Crippen LogP) is 0.724. The number of hydrogen-bond donors (Lipinski definition) is 2. The van der Waals surface area contributed by atoms with Gasteiger partial charge in [-0.3, -0.25) is 0 Å². The summed E-state index contributed by atoms with van der Waals surface area (Å²) in [7, 11) is -2.08. The number of sulfonamides is 1. The van der Waals surface area contributed by atoms with E-state index in [-0.39, 0.29) is 6.61 Å². The molecular formula is C14H22N2O3S. The summed E-state index contributed by atoms with van der Waals surface area (Å²) in [5, 5.41) is 12.6. The van der Waals surface area contributed by atoms with Crippen molar-refractivity contribution in [2.24, 2.45) is 0 Å². The van der Waals surface area contributed by atoms with Gasteiger partial charge < -0.3 is 10.4 Å². The number of aliphatic hydroxyl groups excluding tert-OH is 1.